The van der Waals surface area contributed by atoms with Gasteiger partial charge >= 0.3 is 6.18 Å². The minimum absolute atomic E-state index is 0.0813. The van der Waals surface area contributed by atoms with Crippen molar-refractivity contribution in [3.63, 3.8) is 0 Å². The lowest BCUT2D eigenvalue weighted by atomic mass is 10.0. The van der Waals surface area contributed by atoms with Crippen LogP contribution in [0.2, 0.25) is 0 Å². The number of nitrogens with one attached hydrogen (secondary N) is 1. The van der Waals surface area contributed by atoms with Crippen LogP contribution in [0.5, 0.6) is 0 Å². The molecule has 1 fully saturated rings. The van der Waals surface area contributed by atoms with E-state index in [1.165, 1.54) is 0 Å². The molecule has 1 N–H and O–H groups in total. The second-order valence-electron chi connectivity index (χ2n) is 6.67. The van der Waals surface area contributed by atoms with Crippen LogP contribution in [0.3, 0.4) is 0 Å². The van der Waals surface area contributed by atoms with Crippen LogP contribution in [0, 0.1) is 0 Å². The summed E-state index contributed by atoms with van der Waals surface area (Å²) in [5.41, 5.74) is -0.722. The van der Waals surface area contributed by atoms with Crippen LogP contribution in [0.15, 0.2) is 24.5 Å². The van der Waals surface area contributed by atoms with Gasteiger partial charge in [-0.1, -0.05) is 0 Å². The first-order chi connectivity index (χ1) is 13.2. The van der Waals surface area contributed by atoms with Crippen LogP contribution in [0.25, 0.3) is 0 Å². The number of rotatable bonds is 4. The normalized spacial score (nSPS) is 15.4. The molecule has 0 saturated carbocycles. The summed E-state index contributed by atoms with van der Waals surface area (Å²) in [4.78, 5) is 23.1. The number of halogens is 3. The molecule has 3 heterocycles. The van der Waals surface area contributed by atoms with E-state index in [-0.39, 0.29) is 23.5 Å². The Bertz CT molecular complexity index is 818. The number of likely N-dealkylation sites (tertiary alicyclic amines) is 1. The molecule has 0 spiro atoms. The molecule has 2 aromatic rings. The van der Waals surface area contributed by atoms with E-state index in [9.17, 15) is 18.0 Å². The zero-order chi connectivity index (χ0) is 20.3. The molecule has 0 bridgehead atoms. The summed E-state index contributed by atoms with van der Waals surface area (Å²) >= 11 is 0. The first-order valence-corrected chi connectivity index (χ1v) is 8.70. The van der Waals surface area contributed by atoms with E-state index in [4.69, 9.17) is 0 Å². The molecule has 2 aromatic heterocycles. The van der Waals surface area contributed by atoms with Gasteiger partial charge in [-0.15, -0.1) is 10.2 Å². The molecule has 8 nitrogen and oxygen atoms in total. The lowest BCUT2D eigenvalue weighted by Gasteiger charge is -2.32. The van der Waals surface area contributed by atoms with Crippen LogP contribution in [-0.4, -0.2) is 64.2 Å². The summed E-state index contributed by atoms with van der Waals surface area (Å²) in [7, 11) is 3.66. The van der Waals surface area contributed by atoms with Gasteiger partial charge in [0.25, 0.3) is 5.91 Å². The third kappa shape index (κ3) is 4.65. The van der Waals surface area contributed by atoms with Gasteiger partial charge in [-0.2, -0.15) is 13.2 Å². The van der Waals surface area contributed by atoms with E-state index < -0.39 is 11.9 Å². The minimum atomic E-state index is -4.52. The summed E-state index contributed by atoms with van der Waals surface area (Å²) in [5, 5.41) is 11.0. The second kappa shape index (κ2) is 7.95. The molecule has 11 heteroatoms. The highest BCUT2D eigenvalue weighted by molar-refractivity contribution is 5.92. The van der Waals surface area contributed by atoms with Gasteiger partial charge < -0.3 is 15.1 Å². The van der Waals surface area contributed by atoms with Gasteiger partial charge in [-0.05, 0) is 25.0 Å². The van der Waals surface area contributed by atoms with Crippen molar-refractivity contribution in [1.29, 1.82) is 0 Å². The summed E-state index contributed by atoms with van der Waals surface area (Å²) in [5.74, 6) is 0.567. The lowest BCUT2D eigenvalue weighted by molar-refractivity contribution is -0.141. The van der Waals surface area contributed by atoms with Crippen molar-refractivity contribution in [3.8, 4) is 0 Å². The van der Waals surface area contributed by atoms with Crippen LogP contribution in [0.1, 0.15) is 29.0 Å². The number of amides is 1. The van der Waals surface area contributed by atoms with Gasteiger partial charge in [-0.25, -0.2) is 9.97 Å². The molecule has 150 valence electrons. The Hall–Kier alpha value is -2.98. The molecular formula is C17H20F3N7O. The first-order valence-electron chi connectivity index (χ1n) is 8.70. The lowest BCUT2D eigenvalue weighted by Crippen LogP contribution is -2.42. The van der Waals surface area contributed by atoms with Crippen molar-refractivity contribution in [1.82, 2.24) is 25.1 Å². The Labute approximate surface area is 159 Å². The molecular weight excluding hydrogens is 375 g/mol. The van der Waals surface area contributed by atoms with E-state index in [0.717, 1.165) is 12.4 Å². The Kier molecular flexibility index (Phi) is 5.61. The molecule has 0 aromatic carbocycles. The van der Waals surface area contributed by atoms with Gasteiger partial charge in [0.1, 0.15) is 17.8 Å². The molecule has 0 atom stereocenters. The monoisotopic (exact) mass is 395 g/mol. The molecule has 3 rings (SSSR count). The number of hydrogen-bond donors (Lipinski definition) is 1. The van der Waals surface area contributed by atoms with Gasteiger partial charge in [0, 0.05) is 39.3 Å². The van der Waals surface area contributed by atoms with E-state index >= 15 is 0 Å². The standard InChI is InChI=1S/C17H20F3N7O/c1-26(2)15-4-3-12(24-25-15)16(28)27-7-5-11(6-8-27)23-14-9-13(17(18,19)20)21-10-22-14/h3-4,9-11H,5-8H2,1-2H3,(H,21,22,23). The highest BCUT2D eigenvalue weighted by Crippen LogP contribution is 2.28. The van der Waals surface area contributed by atoms with Crippen molar-refractivity contribution in [3.05, 3.63) is 35.9 Å². The Morgan fingerprint density at radius 1 is 1.18 bits per heavy atom. The highest BCUT2D eigenvalue weighted by atomic mass is 19.4. The summed E-state index contributed by atoms with van der Waals surface area (Å²) in [6.45, 7) is 0.926. The van der Waals surface area contributed by atoms with Crippen molar-refractivity contribution < 1.29 is 18.0 Å². The van der Waals surface area contributed by atoms with E-state index in [2.05, 4.69) is 25.5 Å². The summed E-state index contributed by atoms with van der Waals surface area (Å²) < 4.78 is 38.2. The fraction of sp³-hybridized carbons (Fsp3) is 0.471. The largest absolute Gasteiger partial charge is 0.433 e. The molecule has 1 amide bonds. The molecule has 1 saturated heterocycles. The van der Waals surface area contributed by atoms with Crippen LogP contribution < -0.4 is 10.2 Å². The van der Waals surface area contributed by atoms with Crippen molar-refractivity contribution >= 4 is 17.5 Å². The van der Waals surface area contributed by atoms with Crippen LogP contribution in [-0.2, 0) is 6.18 Å². The number of alkyl halides is 3. The number of carbonyl (C=O) groups is 1. The summed E-state index contributed by atoms with van der Waals surface area (Å²) in [6, 6.07) is 4.16. The maximum atomic E-state index is 12.7. The van der Waals surface area contributed by atoms with Crippen molar-refractivity contribution in [2.24, 2.45) is 0 Å². The third-order valence-corrected chi connectivity index (χ3v) is 4.42. The molecule has 28 heavy (non-hydrogen) atoms. The number of aromatic nitrogens is 4. The van der Waals surface area contributed by atoms with Crippen LogP contribution >= 0.6 is 0 Å². The summed E-state index contributed by atoms with van der Waals surface area (Å²) in [6.07, 6.45) is -2.46. The number of anilines is 2. The fourth-order valence-corrected chi connectivity index (χ4v) is 2.87. The fourth-order valence-electron chi connectivity index (χ4n) is 2.87. The predicted octanol–water partition coefficient (Wildman–Crippen LogP) is 2.07. The smallest absolute Gasteiger partial charge is 0.367 e. The first kappa shape index (κ1) is 19.8. The maximum Gasteiger partial charge on any atom is 0.433 e. The van der Waals surface area contributed by atoms with Crippen molar-refractivity contribution in [2.75, 3.05) is 37.4 Å². The number of carbonyl (C=O) groups excluding carboxylic acids is 1. The molecule has 0 radical (unpaired) electrons. The number of piperidine rings is 1. The molecule has 0 unspecified atom stereocenters. The topological polar surface area (TPSA) is 87.1 Å². The Morgan fingerprint density at radius 2 is 1.89 bits per heavy atom. The van der Waals surface area contributed by atoms with E-state index in [1.807, 2.05) is 14.1 Å². The second-order valence-corrected chi connectivity index (χ2v) is 6.67. The molecule has 0 aliphatic carbocycles. The average molecular weight is 395 g/mol. The van der Waals surface area contributed by atoms with Gasteiger partial charge in [-0.3, -0.25) is 4.79 Å². The Balaban J connectivity index is 1.56. The SMILES string of the molecule is CN(C)c1ccc(C(=O)N2CCC(Nc3cc(C(F)(F)F)ncn3)CC2)nn1. The maximum absolute atomic E-state index is 12.7. The van der Waals surface area contributed by atoms with Crippen LogP contribution in [0.4, 0.5) is 24.8 Å². The third-order valence-electron chi connectivity index (χ3n) is 4.42. The van der Waals surface area contributed by atoms with Gasteiger partial charge in [0.15, 0.2) is 11.5 Å². The molecule has 1 aliphatic heterocycles. The number of nitrogens with zero attached hydrogens (tertiary/aromatic N) is 6. The minimum Gasteiger partial charge on any atom is -0.367 e. The predicted molar refractivity (Wildman–Crippen MR) is 95.9 cm³/mol. The zero-order valence-corrected chi connectivity index (χ0v) is 15.4. The highest BCUT2D eigenvalue weighted by Gasteiger charge is 2.33. The zero-order valence-electron chi connectivity index (χ0n) is 15.4. The van der Waals surface area contributed by atoms with Gasteiger partial charge in [0.2, 0.25) is 0 Å². The Morgan fingerprint density at radius 3 is 2.46 bits per heavy atom. The number of hydrogen-bond acceptors (Lipinski definition) is 7. The van der Waals surface area contributed by atoms with E-state index in [1.54, 1.807) is 21.9 Å². The van der Waals surface area contributed by atoms with Crippen molar-refractivity contribution in [2.45, 2.75) is 25.1 Å². The van der Waals surface area contributed by atoms with Gasteiger partial charge in [0.05, 0.1) is 0 Å². The van der Waals surface area contributed by atoms with E-state index in [0.29, 0.717) is 31.7 Å². The molecule has 1 aliphatic rings. The average Bonchev–Trinajstić information content (AvgIpc) is 2.68. The quantitative estimate of drug-likeness (QED) is 0.848.